The lowest BCUT2D eigenvalue weighted by molar-refractivity contribution is -0.117. The molecule has 6 heteroatoms. The van der Waals surface area contributed by atoms with Gasteiger partial charge in [0.1, 0.15) is 17.7 Å². The molecule has 128 valence electrons. The zero-order valence-corrected chi connectivity index (χ0v) is 14.0. The van der Waals surface area contributed by atoms with Crippen LogP contribution < -0.4 is 5.32 Å². The molecule has 1 aliphatic rings. The summed E-state index contributed by atoms with van der Waals surface area (Å²) >= 11 is 0. The second-order valence-electron chi connectivity index (χ2n) is 6.51. The second-order valence-corrected chi connectivity index (χ2v) is 6.51. The number of aryl methyl sites for hydroxylation is 1. The molecular weight excluding hydrogens is 321 g/mol. The predicted molar refractivity (Wildman–Crippen MR) is 94.2 cm³/mol. The zero-order chi connectivity index (χ0) is 17.7. The highest BCUT2D eigenvalue weighted by Crippen LogP contribution is 2.35. The Morgan fingerprint density at radius 1 is 1.40 bits per heavy atom. The maximum absolute atomic E-state index is 13.0. The van der Waals surface area contributed by atoms with Gasteiger partial charge >= 0.3 is 0 Å². The van der Waals surface area contributed by atoms with E-state index in [1.54, 1.807) is 18.3 Å². The third-order valence-electron chi connectivity index (χ3n) is 4.81. The number of carbonyl (C=O) groups is 1. The average molecular weight is 339 g/mol. The van der Waals surface area contributed by atoms with Crippen LogP contribution in [0.5, 0.6) is 5.75 Å². The van der Waals surface area contributed by atoms with Gasteiger partial charge in [-0.15, -0.1) is 0 Å². The maximum Gasteiger partial charge on any atom is 0.231 e. The molecule has 3 aromatic rings. The number of pyridine rings is 1. The van der Waals surface area contributed by atoms with E-state index in [9.17, 15) is 14.3 Å². The molecule has 2 atom stereocenters. The number of nitrogens with zero attached hydrogens (tertiary/aromatic N) is 2. The average Bonchev–Trinajstić information content (AvgIpc) is 3.23. The fourth-order valence-corrected chi connectivity index (χ4v) is 3.12. The van der Waals surface area contributed by atoms with E-state index < -0.39 is 12.1 Å². The number of carbonyl (C=O) groups excluding carboxylic acids is 1. The number of benzene rings is 1. The first-order valence-corrected chi connectivity index (χ1v) is 8.15. The molecule has 0 unspecified atom stereocenters. The quantitative estimate of drug-likeness (QED) is 0.767. The number of nitrogens with one attached hydrogen (secondary N) is 1. The smallest absolute Gasteiger partial charge is 0.231 e. The fraction of sp³-hybridized carbons (Fsp3) is 0.263. The van der Waals surface area contributed by atoms with Crippen LogP contribution in [0.4, 0.5) is 10.2 Å². The highest BCUT2D eigenvalue weighted by molar-refractivity contribution is 5.96. The Morgan fingerprint density at radius 3 is 2.88 bits per heavy atom. The Kier molecular flexibility index (Phi) is 3.49. The number of hydrogen-bond donors (Lipinski definition) is 2. The summed E-state index contributed by atoms with van der Waals surface area (Å²) in [5.41, 5.74) is 3.59. The summed E-state index contributed by atoms with van der Waals surface area (Å²) in [4.78, 5) is 16.1. The Bertz CT molecular complexity index is 996. The van der Waals surface area contributed by atoms with Crippen LogP contribution in [-0.4, -0.2) is 26.7 Å². The molecule has 4 rings (SSSR count). The van der Waals surface area contributed by atoms with E-state index in [4.69, 9.17) is 0 Å². The van der Waals surface area contributed by atoms with Crippen molar-refractivity contribution in [2.75, 3.05) is 5.32 Å². The van der Waals surface area contributed by atoms with Crippen LogP contribution in [0, 0.1) is 12.8 Å². The van der Waals surface area contributed by atoms with Gasteiger partial charge in [0, 0.05) is 29.3 Å². The normalized spacial score (nSPS) is 19.2. The minimum absolute atomic E-state index is 0.249. The molecular formula is C19H18FN3O2. The third kappa shape index (κ3) is 2.63. The molecule has 1 fully saturated rings. The topological polar surface area (TPSA) is 67.2 Å². The number of halogens is 1. The molecule has 1 aliphatic carbocycles. The molecule has 1 aromatic carbocycles. The van der Waals surface area contributed by atoms with Crippen molar-refractivity contribution >= 4 is 22.6 Å². The van der Waals surface area contributed by atoms with Crippen molar-refractivity contribution in [2.45, 2.75) is 19.5 Å². The van der Waals surface area contributed by atoms with E-state index in [2.05, 4.69) is 10.3 Å². The Balaban J connectivity index is 1.72. The SMILES string of the molecule is Cc1c(O)cccc1-c1cc2cc(NC(=O)[C@@H]3C[C@@H]3F)ncc2n1C. The number of aromatic nitrogens is 2. The van der Waals surface area contributed by atoms with Gasteiger partial charge in [0.05, 0.1) is 17.6 Å². The Labute approximate surface area is 144 Å². The molecule has 2 N–H and O–H groups in total. The summed E-state index contributed by atoms with van der Waals surface area (Å²) in [6.45, 7) is 1.87. The van der Waals surface area contributed by atoms with E-state index in [1.165, 1.54) is 0 Å². The van der Waals surface area contributed by atoms with Gasteiger partial charge in [0.25, 0.3) is 0 Å². The molecule has 5 nitrogen and oxygen atoms in total. The summed E-state index contributed by atoms with van der Waals surface area (Å²) < 4.78 is 15.0. The van der Waals surface area contributed by atoms with E-state index in [0.29, 0.717) is 12.2 Å². The molecule has 0 aliphatic heterocycles. The van der Waals surface area contributed by atoms with Gasteiger partial charge in [-0.3, -0.25) is 4.79 Å². The number of anilines is 1. The van der Waals surface area contributed by atoms with Gasteiger partial charge in [0.15, 0.2) is 0 Å². The Morgan fingerprint density at radius 2 is 2.16 bits per heavy atom. The first kappa shape index (κ1) is 15.6. The number of phenolic OH excluding ortho intramolecular Hbond substituents is 1. The van der Waals surface area contributed by atoms with Gasteiger partial charge < -0.3 is 15.0 Å². The second kappa shape index (κ2) is 5.58. The van der Waals surface area contributed by atoms with Crippen LogP contribution in [-0.2, 0) is 11.8 Å². The summed E-state index contributed by atoms with van der Waals surface area (Å²) in [7, 11) is 1.93. The van der Waals surface area contributed by atoms with E-state index in [1.807, 2.05) is 36.7 Å². The summed E-state index contributed by atoms with van der Waals surface area (Å²) in [6.07, 6.45) is 0.952. The van der Waals surface area contributed by atoms with Crippen molar-refractivity contribution in [3.05, 3.63) is 42.1 Å². The van der Waals surface area contributed by atoms with Gasteiger partial charge in [-0.05, 0) is 31.5 Å². The lowest BCUT2D eigenvalue weighted by Gasteiger charge is -2.09. The molecule has 2 aromatic heterocycles. The number of phenols is 1. The van der Waals surface area contributed by atoms with Crippen LogP contribution in [0.2, 0.25) is 0 Å². The molecule has 0 radical (unpaired) electrons. The highest BCUT2D eigenvalue weighted by Gasteiger charge is 2.43. The minimum atomic E-state index is -1.03. The monoisotopic (exact) mass is 339 g/mol. The number of fused-ring (bicyclic) bond motifs is 1. The van der Waals surface area contributed by atoms with Crippen molar-refractivity contribution in [3.63, 3.8) is 0 Å². The number of aromatic hydroxyl groups is 1. The fourth-order valence-electron chi connectivity index (χ4n) is 3.12. The summed E-state index contributed by atoms with van der Waals surface area (Å²) in [5, 5.41) is 13.5. The zero-order valence-electron chi connectivity index (χ0n) is 14.0. The number of hydrogen-bond acceptors (Lipinski definition) is 3. The standard InChI is InChI=1S/C19H18FN3O2/c1-10-12(4-3-5-17(10)24)15-6-11-7-18(21-9-16(11)23(15)2)22-19(25)13-8-14(13)20/h3-7,9,13-14,24H,8H2,1-2H3,(H,21,22,25)/t13-,14+/m1/s1. The Hall–Kier alpha value is -2.89. The van der Waals surface area contributed by atoms with Crippen LogP contribution in [0.25, 0.3) is 22.2 Å². The maximum atomic E-state index is 13.0. The van der Waals surface area contributed by atoms with E-state index in [-0.39, 0.29) is 11.7 Å². The first-order valence-electron chi connectivity index (χ1n) is 8.15. The van der Waals surface area contributed by atoms with E-state index in [0.717, 1.165) is 27.7 Å². The van der Waals surface area contributed by atoms with Crippen molar-refractivity contribution in [1.82, 2.24) is 9.55 Å². The molecule has 0 saturated heterocycles. The number of alkyl halides is 1. The van der Waals surface area contributed by atoms with Crippen molar-refractivity contribution < 1.29 is 14.3 Å². The summed E-state index contributed by atoms with van der Waals surface area (Å²) in [5.74, 6) is -0.196. The minimum Gasteiger partial charge on any atom is -0.508 e. The molecule has 1 amide bonds. The lowest BCUT2D eigenvalue weighted by atomic mass is 10.0. The number of rotatable bonds is 3. The van der Waals surface area contributed by atoms with Crippen molar-refractivity contribution in [2.24, 2.45) is 13.0 Å². The molecule has 1 saturated carbocycles. The number of amides is 1. The van der Waals surface area contributed by atoms with Crippen molar-refractivity contribution in [3.8, 4) is 17.0 Å². The van der Waals surface area contributed by atoms with Crippen LogP contribution >= 0.6 is 0 Å². The molecule has 2 heterocycles. The highest BCUT2D eigenvalue weighted by atomic mass is 19.1. The van der Waals surface area contributed by atoms with Crippen LogP contribution in [0.3, 0.4) is 0 Å². The van der Waals surface area contributed by atoms with Crippen molar-refractivity contribution in [1.29, 1.82) is 0 Å². The van der Waals surface area contributed by atoms with Crippen LogP contribution in [0.1, 0.15) is 12.0 Å². The van der Waals surface area contributed by atoms with Gasteiger partial charge in [-0.1, -0.05) is 12.1 Å². The third-order valence-corrected chi connectivity index (χ3v) is 4.81. The molecule has 0 spiro atoms. The van der Waals surface area contributed by atoms with Gasteiger partial charge in [-0.25, -0.2) is 9.37 Å². The summed E-state index contributed by atoms with van der Waals surface area (Å²) in [6, 6.07) is 9.19. The first-order chi connectivity index (χ1) is 12.0. The van der Waals surface area contributed by atoms with Gasteiger partial charge in [-0.2, -0.15) is 0 Å². The van der Waals surface area contributed by atoms with E-state index >= 15 is 0 Å². The molecule has 0 bridgehead atoms. The lowest BCUT2D eigenvalue weighted by Crippen LogP contribution is -2.15. The van der Waals surface area contributed by atoms with Crippen LogP contribution in [0.15, 0.2) is 36.5 Å². The van der Waals surface area contributed by atoms with Gasteiger partial charge in [0.2, 0.25) is 5.91 Å². The molecule has 25 heavy (non-hydrogen) atoms. The largest absolute Gasteiger partial charge is 0.508 e. The predicted octanol–water partition coefficient (Wildman–Crippen LogP) is 3.55.